The predicted molar refractivity (Wildman–Crippen MR) is 63.8 cm³/mol. The fraction of sp³-hybridized carbons (Fsp3) is 0.500. The Bertz CT molecular complexity index is 525. The van der Waals surface area contributed by atoms with Gasteiger partial charge in [-0.2, -0.15) is 13.2 Å². The summed E-state index contributed by atoms with van der Waals surface area (Å²) in [6, 6.07) is 4.41. The van der Waals surface area contributed by atoms with Crippen molar-refractivity contribution in [1.82, 2.24) is 0 Å². The maximum absolute atomic E-state index is 12.5. The summed E-state index contributed by atoms with van der Waals surface area (Å²) in [6.45, 7) is 4.57. The maximum atomic E-state index is 12.5. The Hall–Kier alpha value is -1.04. The molecule has 0 aromatic heterocycles. The van der Waals surface area contributed by atoms with Crippen LogP contribution in [-0.4, -0.2) is 13.2 Å². The molecule has 0 saturated heterocycles. The van der Waals surface area contributed by atoms with Gasteiger partial charge >= 0.3 is 6.18 Å². The van der Waals surface area contributed by atoms with Crippen LogP contribution >= 0.6 is 0 Å². The van der Waals surface area contributed by atoms with Crippen molar-refractivity contribution < 1.29 is 21.6 Å². The van der Waals surface area contributed by atoms with Crippen LogP contribution in [0.4, 0.5) is 13.2 Å². The first-order chi connectivity index (χ1) is 7.93. The van der Waals surface area contributed by atoms with E-state index in [4.69, 9.17) is 0 Å². The van der Waals surface area contributed by atoms with E-state index in [1.54, 1.807) is 0 Å². The number of alkyl halides is 3. The van der Waals surface area contributed by atoms with Gasteiger partial charge in [0, 0.05) is 0 Å². The highest BCUT2D eigenvalue weighted by Gasteiger charge is 2.32. The molecule has 1 aromatic rings. The molecule has 6 heteroatoms. The van der Waals surface area contributed by atoms with Gasteiger partial charge in [-0.25, -0.2) is 8.42 Å². The fourth-order valence-electron chi connectivity index (χ4n) is 1.27. The molecule has 0 aliphatic carbocycles. The Morgan fingerprint density at radius 1 is 1.11 bits per heavy atom. The Kier molecular flexibility index (Phi) is 3.81. The van der Waals surface area contributed by atoms with Crippen molar-refractivity contribution in [1.29, 1.82) is 0 Å². The number of halogens is 3. The van der Waals surface area contributed by atoms with Crippen molar-refractivity contribution in [3.63, 3.8) is 0 Å². The van der Waals surface area contributed by atoms with Crippen LogP contribution in [0.15, 0.2) is 24.3 Å². The van der Waals surface area contributed by atoms with E-state index in [-0.39, 0.29) is 11.3 Å². The average Bonchev–Trinajstić information content (AvgIpc) is 2.14. The second-order valence-corrected chi connectivity index (χ2v) is 7.81. The Morgan fingerprint density at radius 3 is 2.11 bits per heavy atom. The zero-order valence-electron chi connectivity index (χ0n) is 10.4. The van der Waals surface area contributed by atoms with Gasteiger partial charge in [-0.15, -0.1) is 0 Å². The van der Waals surface area contributed by atoms with Crippen LogP contribution in [0.25, 0.3) is 0 Å². The van der Waals surface area contributed by atoms with E-state index in [0.717, 1.165) is 12.1 Å². The highest BCUT2D eigenvalue weighted by molar-refractivity contribution is 7.91. The molecule has 0 aliphatic rings. The van der Waals surface area contributed by atoms with E-state index in [9.17, 15) is 21.6 Å². The minimum atomic E-state index is -4.46. The van der Waals surface area contributed by atoms with Crippen LogP contribution in [0.3, 0.4) is 0 Å². The highest BCUT2D eigenvalue weighted by atomic mass is 32.2. The largest absolute Gasteiger partial charge is 0.416 e. The van der Waals surface area contributed by atoms with Crippen molar-refractivity contribution in [3.8, 4) is 0 Å². The third-order valence-corrected chi connectivity index (χ3v) is 5.12. The first-order valence-corrected chi connectivity index (χ1v) is 6.97. The molecule has 0 saturated carbocycles. The summed E-state index contributed by atoms with van der Waals surface area (Å²) in [4.78, 5) is 0. The third kappa shape index (κ3) is 3.48. The molecule has 2 nitrogen and oxygen atoms in total. The van der Waals surface area contributed by atoms with E-state index in [1.807, 2.05) is 0 Å². The summed E-state index contributed by atoms with van der Waals surface area (Å²) < 4.78 is 60.3. The van der Waals surface area contributed by atoms with E-state index >= 15 is 0 Å². The van der Waals surface area contributed by atoms with Crippen molar-refractivity contribution in [2.45, 2.75) is 37.4 Å². The van der Waals surface area contributed by atoms with Crippen molar-refractivity contribution in [2.24, 2.45) is 0 Å². The van der Waals surface area contributed by atoms with Crippen molar-refractivity contribution in [2.75, 3.05) is 0 Å². The lowest BCUT2D eigenvalue weighted by Gasteiger charge is -2.19. The fourth-order valence-corrected chi connectivity index (χ4v) is 2.32. The van der Waals surface area contributed by atoms with Gasteiger partial charge in [0.25, 0.3) is 0 Å². The summed E-state index contributed by atoms with van der Waals surface area (Å²) in [5.74, 6) is -0.388. The van der Waals surface area contributed by atoms with Crippen molar-refractivity contribution >= 4 is 9.84 Å². The van der Waals surface area contributed by atoms with Gasteiger partial charge in [0.2, 0.25) is 0 Å². The van der Waals surface area contributed by atoms with E-state index in [1.165, 1.54) is 32.9 Å². The van der Waals surface area contributed by atoms with Gasteiger partial charge in [0.15, 0.2) is 9.84 Å². The summed E-state index contributed by atoms with van der Waals surface area (Å²) in [5, 5.41) is 0. The number of hydrogen-bond acceptors (Lipinski definition) is 2. The lowest BCUT2D eigenvalue weighted by atomic mass is 10.1. The van der Waals surface area contributed by atoms with Gasteiger partial charge < -0.3 is 0 Å². The van der Waals surface area contributed by atoms with Crippen molar-refractivity contribution in [3.05, 3.63) is 35.4 Å². The van der Waals surface area contributed by atoms with E-state index in [2.05, 4.69) is 0 Å². The standard InChI is InChI=1S/C12H15F3O2S/c1-11(2,3)18(16,17)8-9-5-4-6-10(7-9)12(13,14)15/h4-7H,8H2,1-3H3. The molecule has 102 valence electrons. The lowest BCUT2D eigenvalue weighted by Crippen LogP contribution is -2.29. The molecule has 0 unspecified atom stereocenters. The molecule has 0 radical (unpaired) electrons. The van der Waals surface area contributed by atoms with Gasteiger partial charge in [-0.05, 0) is 32.4 Å². The van der Waals surface area contributed by atoms with E-state index in [0.29, 0.717) is 0 Å². The molecule has 0 atom stereocenters. The topological polar surface area (TPSA) is 34.1 Å². The van der Waals surface area contributed by atoms with Crippen LogP contribution in [0, 0.1) is 0 Å². The first-order valence-electron chi connectivity index (χ1n) is 5.32. The average molecular weight is 280 g/mol. The molecule has 0 bridgehead atoms. The SMILES string of the molecule is CC(C)(C)S(=O)(=O)Cc1cccc(C(F)(F)F)c1. The first kappa shape index (κ1) is 15.0. The van der Waals surface area contributed by atoms with Gasteiger partial charge in [0.1, 0.15) is 0 Å². The molecule has 1 rings (SSSR count). The number of hydrogen-bond donors (Lipinski definition) is 0. The van der Waals surface area contributed by atoms with Gasteiger partial charge in [-0.1, -0.05) is 18.2 Å². The summed E-state index contributed by atoms with van der Waals surface area (Å²) in [5.41, 5.74) is -0.677. The maximum Gasteiger partial charge on any atom is 0.416 e. The zero-order chi connectivity index (χ0) is 14.2. The molecule has 1 aromatic carbocycles. The molecule has 18 heavy (non-hydrogen) atoms. The zero-order valence-corrected chi connectivity index (χ0v) is 11.2. The second kappa shape index (κ2) is 4.57. The number of rotatable bonds is 2. The Morgan fingerprint density at radius 2 is 1.67 bits per heavy atom. The lowest BCUT2D eigenvalue weighted by molar-refractivity contribution is -0.137. The number of sulfone groups is 1. The van der Waals surface area contributed by atoms with Gasteiger partial charge in [-0.3, -0.25) is 0 Å². The molecule has 0 amide bonds. The molecular weight excluding hydrogens is 265 g/mol. The minimum Gasteiger partial charge on any atom is -0.228 e. The van der Waals surface area contributed by atoms with Crippen LogP contribution < -0.4 is 0 Å². The smallest absolute Gasteiger partial charge is 0.228 e. The Balaban J connectivity index is 3.08. The van der Waals surface area contributed by atoms with Crippen LogP contribution in [0.5, 0.6) is 0 Å². The number of benzene rings is 1. The highest BCUT2D eigenvalue weighted by Crippen LogP contribution is 2.30. The summed E-state index contributed by atoms with van der Waals surface area (Å²) >= 11 is 0. The third-order valence-electron chi connectivity index (χ3n) is 2.54. The quantitative estimate of drug-likeness (QED) is 0.832. The normalized spacial score (nSPS) is 13.7. The Labute approximate surface area is 105 Å². The van der Waals surface area contributed by atoms with Crippen LogP contribution in [0.2, 0.25) is 0 Å². The van der Waals surface area contributed by atoms with Crippen LogP contribution in [-0.2, 0) is 21.8 Å². The molecule has 0 aliphatic heterocycles. The second-order valence-electron chi connectivity index (χ2n) is 5.07. The monoisotopic (exact) mass is 280 g/mol. The molecule has 0 heterocycles. The van der Waals surface area contributed by atoms with E-state index < -0.39 is 26.3 Å². The summed E-state index contributed by atoms with van der Waals surface area (Å²) in [7, 11) is -3.48. The van der Waals surface area contributed by atoms with Crippen LogP contribution in [0.1, 0.15) is 31.9 Å². The predicted octanol–water partition coefficient (Wildman–Crippen LogP) is 3.42. The molecule has 0 fully saturated rings. The summed E-state index contributed by atoms with van der Waals surface area (Å²) in [6.07, 6.45) is -4.46. The van der Waals surface area contributed by atoms with Gasteiger partial charge in [0.05, 0.1) is 16.1 Å². The molecule has 0 spiro atoms. The minimum absolute atomic E-state index is 0.153. The molecular formula is C12H15F3O2S. The molecule has 0 N–H and O–H groups in total.